The number of nitrogens with zero attached hydrogens (tertiary/aromatic N) is 1. The number of carbonyl (C=O) groups is 1. The van der Waals surface area contributed by atoms with E-state index in [0.717, 1.165) is 34.1 Å². The largest absolute Gasteiger partial charge is 0.466 e. The molecule has 2 amide bonds. The van der Waals surface area contributed by atoms with Gasteiger partial charge in [-0.25, -0.2) is 4.79 Å². The number of amides is 2. The fourth-order valence-electron chi connectivity index (χ4n) is 3.02. The first kappa shape index (κ1) is 17.2. The van der Waals surface area contributed by atoms with Crippen LogP contribution in [0.3, 0.4) is 0 Å². The highest BCUT2D eigenvalue weighted by Crippen LogP contribution is 2.32. The number of benzene rings is 1. The van der Waals surface area contributed by atoms with E-state index in [4.69, 9.17) is 13.9 Å². The summed E-state index contributed by atoms with van der Waals surface area (Å²) in [6, 6.07) is 7.50. The molecular formula is C19H24N2O4. The van der Waals surface area contributed by atoms with E-state index in [1.165, 1.54) is 0 Å². The van der Waals surface area contributed by atoms with Crippen molar-refractivity contribution in [3.05, 3.63) is 46.9 Å². The Morgan fingerprint density at radius 2 is 2.00 bits per heavy atom. The second kappa shape index (κ2) is 7.09. The van der Waals surface area contributed by atoms with Gasteiger partial charge in [0.1, 0.15) is 11.5 Å². The molecule has 0 spiro atoms. The van der Waals surface area contributed by atoms with Crippen LogP contribution in [0.25, 0.3) is 0 Å². The van der Waals surface area contributed by atoms with Crippen LogP contribution in [0.5, 0.6) is 11.5 Å². The van der Waals surface area contributed by atoms with Gasteiger partial charge in [0.15, 0.2) is 11.5 Å². The molecular weight excluding hydrogens is 320 g/mol. The number of fused-ring (bicyclic) bond motifs is 1. The van der Waals surface area contributed by atoms with Crippen molar-refractivity contribution in [3.8, 4) is 11.5 Å². The first-order valence-corrected chi connectivity index (χ1v) is 8.48. The van der Waals surface area contributed by atoms with Crippen LogP contribution in [0.4, 0.5) is 4.79 Å². The van der Waals surface area contributed by atoms with E-state index >= 15 is 0 Å². The number of ether oxygens (including phenoxy) is 2. The fourth-order valence-corrected chi connectivity index (χ4v) is 3.02. The van der Waals surface area contributed by atoms with Crippen LogP contribution in [0.2, 0.25) is 0 Å². The van der Waals surface area contributed by atoms with E-state index in [9.17, 15) is 4.79 Å². The minimum atomic E-state index is -0.115. The summed E-state index contributed by atoms with van der Waals surface area (Å²) >= 11 is 0. The third-order valence-corrected chi connectivity index (χ3v) is 4.37. The summed E-state index contributed by atoms with van der Waals surface area (Å²) in [6.07, 6.45) is 0. The molecule has 0 saturated carbocycles. The Hall–Kier alpha value is -2.63. The standard InChI is InChI=1S/C19H24N2O4/c1-5-21(10-15-6-7-17-18(9-15)24-11-23-17)19(22)20-13(3)16-8-12(2)25-14(16)4/h6-9,13H,5,10-11H2,1-4H3,(H,20,22)/t13-/m0/s1. The van der Waals surface area contributed by atoms with Crippen molar-refractivity contribution < 1.29 is 18.7 Å². The van der Waals surface area contributed by atoms with E-state index in [1.54, 1.807) is 4.90 Å². The quantitative estimate of drug-likeness (QED) is 0.893. The van der Waals surface area contributed by atoms with Crippen molar-refractivity contribution in [2.24, 2.45) is 0 Å². The zero-order valence-electron chi connectivity index (χ0n) is 15.1. The van der Waals surface area contributed by atoms with E-state index in [2.05, 4.69) is 5.32 Å². The first-order valence-electron chi connectivity index (χ1n) is 8.48. The van der Waals surface area contributed by atoms with Crippen LogP contribution in [0.1, 0.15) is 42.5 Å². The smallest absolute Gasteiger partial charge is 0.318 e. The number of hydrogen-bond donors (Lipinski definition) is 1. The molecule has 0 aliphatic carbocycles. The van der Waals surface area contributed by atoms with Gasteiger partial charge in [0.05, 0.1) is 6.04 Å². The van der Waals surface area contributed by atoms with E-state index in [-0.39, 0.29) is 18.9 Å². The molecule has 25 heavy (non-hydrogen) atoms. The topological polar surface area (TPSA) is 63.9 Å². The normalized spacial score (nSPS) is 13.6. The molecule has 1 aromatic carbocycles. The maximum absolute atomic E-state index is 12.6. The molecule has 1 aliphatic rings. The van der Waals surface area contributed by atoms with E-state index < -0.39 is 0 Å². The van der Waals surface area contributed by atoms with Gasteiger partial charge in [0.2, 0.25) is 6.79 Å². The maximum atomic E-state index is 12.6. The lowest BCUT2D eigenvalue weighted by molar-refractivity contribution is 0.173. The SMILES string of the molecule is CCN(Cc1ccc2c(c1)OCO2)C(=O)N[C@@H](C)c1cc(C)oc1C. The molecule has 1 aromatic heterocycles. The second-order valence-corrected chi connectivity index (χ2v) is 6.24. The number of carbonyl (C=O) groups excluding carboxylic acids is 1. The zero-order valence-corrected chi connectivity index (χ0v) is 15.1. The zero-order chi connectivity index (χ0) is 18.0. The Morgan fingerprint density at radius 3 is 2.68 bits per heavy atom. The Bertz CT molecular complexity index is 769. The van der Waals surface area contributed by atoms with Crippen molar-refractivity contribution in [2.75, 3.05) is 13.3 Å². The number of nitrogens with one attached hydrogen (secondary N) is 1. The molecule has 0 fully saturated rings. The molecule has 2 heterocycles. The molecule has 1 N–H and O–H groups in total. The van der Waals surface area contributed by atoms with Gasteiger partial charge in [-0.15, -0.1) is 0 Å². The number of aryl methyl sites for hydroxylation is 2. The Kier molecular flexibility index (Phi) is 4.88. The average Bonchev–Trinajstić information content (AvgIpc) is 3.17. The highest BCUT2D eigenvalue weighted by atomic mass is 16.7. The molecule has 1 aliphatic heterocycles. The molecule has 0 bridgehead atoms. The lowest BCUT2D eigenvalue weighted by Gasteiger charge is -2.24. The fraction of sp³-hybridized carbons (Fsp3) is 0.421. The third-order valence-electron chi connectivity index (χ3n) is 4.37. The molecule has 2 aromatic rings. The highest BCUT2D eigenvalue weighted by molar-refractivity contribution is 5.74. The van der Waals surface area contributed by atoms with Gasteiger partial charge < -0.3 is 24.1 Å². The van der Waals surface area contributed by atoms with Crippen LogP contribution in [-0.4, -0.2) is 24.3 Å². The molecule has 6 nitrogen and oxygen atoms in total. The third kappa shape index (κ3) is 3.73. The van der Waals surface area contributed by atoms with Gasteiger partial charge in [0.25, 0.3) is 0 Å². The van der Waals surface area contributed by atoms with Crippen molar-refractivity contribution in [1.82, 2.24) is 10.2 Å². The van der Waals surface area contributed by atoms with Gasteiger partial charge in [-0.3, -0.25) is 0 Å². The van der Waals surface area contributed by atoms with E-state index in [1.807, 2.05) is 52.0 Å². The molecule has 3 rings (SSSR count). The predicted molar refractivity (Wildman–Crippen MR) is 93.8 cm³/mol. The molecule has 6 heteroatoms. The maximum Gasteiger partial charge on any atom is 0.318 e. The molecule has 0 saturated heterocycles. The highest BCUT2D eigenvalue weighted by Gasteiger charge is 2.20. The van der Waals surface area contributed by atoms with Gasteiger partial charge in [-0.2, -0.15) is 0 Å². The lowest BCUT2D eigenvalue weighted by atomic mass is 10.1. The molecule has 0 unspecified atom stereocenters. The number of urea groups is 1. The van der Waals surface area contributed by atoms with Crippen LogP contribution < -0.4 is 14.8 Å². The number of hydrogen-bond acceptors (Lipinski definition) is 4. The minimum absolute atomic E-state index is 0.106. The van der Waals surface area contributed by atoms with Gasteiger partial charge in [-0.1, -0.05) is 6.07 Å². The number of furan rings is 1. The first-order chi connectivity index (χ1) is 12.0. The summed E-state index contributed by atoms with van der Waals surface area (Å²) in [4.78, 5) is 14.4. The van der Waals surface area contributed by atoms with Gasteiger partial charge >= 0.3 is 6.03 Å². The summed E-state index contributed by atoms with van der Waals surface area (Å²) in [6.45, 7) is 9.11. The molecule has 0 radical (unpaired) electrons. The van der Waals surface area contributed by atoms with Crippen LogP contribution >= 0.6 is 0 Å². The van der Waals surface area contributed by atoms with Crippen LogP contribution in [0.15, 0.2) is 28.7 Å². The van der Waals surface area contributed by atoms with E-state index in [0.29, 0.717) is 13.1 Å². The van der Waals surface area contributed by atoms with Crippen molar-refractivity contribution >= 4 is 6.03 Å². The minimum Gasteiger partial charge on any atom is -0.466 e. The molecule has 1 atom stereocenters. The average molecular weight is 344 g/mol. The number of rotatable bonds is 5. The van der Waals surface area contributed by atoms with Crippen molar-refractivity contribution in [2.45, 2.75) is 40.3 Å². The van der Waals surface area contributed by atoms with Crippen molar-refractivity contribution in [1.29, 1.82) is 0 Å². The van der Waals surface area contributed by atoms with Gasteiger partial charge in [0, 0.05) is 18.7 Å². The summed E-state index contributed by atoms with van der Waals surface area (Å²) in [7, 11) is 0. The Morgan fingerprint density at radius 1 is 1.24 bits per heavy atom. The summed E-state index contributed by atoms with van der Waals surface area (Å²) < 4.78 is 16.3. The predicted octanol–water partition coefficient (Wildman–Crippen LogP) is 3.92. The second-order valence-electron chi connectivity index (χ2n) is 6.24. The Balaban J connectivity index is 1.66. The summed E-state index contributed by atoms with van der Waals surface area (Å²) in [5, 5.41) is 3.04. The Labute approximate surface area is 147 Å². The van der Waals surface area contributed by atoms with Crippen LogP contribution in [-0.2, 0) is 6.54 Å². The molecule has 134 valence electrons. The monoisotopic (exact) mass is 344 g/mol. The summed E-state index contributed by atoms with van der Waals surface area (Å²) in [5.41, 5.74) is 2.01. The summed E-state index contributed by atoms with van der Waals surface area (Å²) in [5.74, 6) is 3.16. The lowest BCUT2D eigenvalue weighted by Crippen LogP contribution is -2.40. The van der Waals surface area contributed by atoms with Gasteiger partial charge in [-0.05, 0) is 51.5 Å². The van der Waals surface area contributed by atoms with Crippen molar-refractivity contribution in [3.63, 3.8) is 0 Å². The van der Waals surface area contributed by atoms with Crippen LogP contribution in [0, 0.1) is 13.8 Å².